The van der Waals surface area contributed by atoms with E-state index in [9.17, 15) is 4.39 Å². The third-order valence-electron chi connectivity index (χ3n) is 4.37. The fourth-order valence-electron chi connectivity index (χ4n) is 3.62. The zero-order valence-corrected chi connectivity index (χ0v) is 12.5. The summed E-state index contributed by atoms with van der Waals surface area (Å²) < 4.78 is 14.1. The Morgan fingerprint density at radius 3 is 2.47 bits per heavy atom. The Kier molecular flexibility index (Phi) is 4.52. The molecule has 0 bridgehead atoms. The fourth-order valence-corrected chi connectivity index (χ4v) is 3.78. The predicted octanol–water partition coefficient (Wildman–Crippen LogP) is 5.09. The Hall–Kier alpha value is -0.600. The van der Waals surface area contributed by atoms with E-state index in [0.717, 1.165) is 19.3 Å². The zero-order valence-electron chi connectivity index (χ0n) is 11.8. The molecule has 1 atom stereocenters. The minimum Gasteiger partial charge on any atom is -0.323 e. The second-order valence-corrected chi connectivity index (χ2v) is 6.75. The molecule has 0 aromatic heterocycles. The number of rotatable bonds is 4. The molecule has 1 aliphatic carbocycles. The molecule has 1 aliphatic rings. The second kappa shape index (κ2) is 5.80. The van der Waals surface area contributed by atoms with E-state index in [1.54, 1.807) is 12.1 Å². The van der Waals surface area contributed by atoms with Gasteiger partial charge >= 0.3 is 0 Å². The number of hydrogen-bond acceptors (Lipinski definition) is 1. The van der Waals surface area contributed by atoms with Gasteiger partial charge in [-0.2, -0.15) is 0 Å². The van der Waals surface area contributed by atoms with Crippen LogP contribution in [0.2, 0.25) is 5.02 Å². The first-order valence-electron chi connectivity index (χ1n) is 7.15. The molecule has 0 heterocycles. The lowest BCUT2D eigenvalue weighted by atomic mass is 9.70. The third kappa shape index (κ3) is 3.11. The second-order valence-electron chi connectivity index (χ2n) is 6.31. The van der Waals surface area contributed by atoms with Crippen molar-refractivity contribution >= 4 is 11.6 Å². The molecule has 1 unspecified atom stereocenters. The normalized spacial score (nSPS) is 19.9. The maximum Gasteiger partial charge on any atom is 0.129 e. The molecule has 0 radical (unpaired) electrons. The van der Waals surface area contributed by atoms with E-state index >= 15 is 0 Å². The summed E-state index contributed by atoms with van der Waals surface area (Å²) in [4.78, 5) is 0. The minimum absolute atomic E-state index is 0.0584. The van der Waals surface area contributed by atoms with E-state index in [1.165, 1.54) is 18.9 Å². The molecule has 0 spiro atoms. The molecule has 19 heavy (non-hydrogen) atoms. The monoisotopic (exact) mass is 283 g/mol. The summed E-state index contributed by atoms with van der Waals surface area (Å²) in [6.45, 7) is 4.43. The summed E-state index contributed by atoms with van der Waals surface area (Å²) in [5.74, 6) is 0.314. The maximum atomic E-state index is 14.1. The van der Waals surface area contributed by atoms with Gasteiger partial charge in [-0.25, -0.2) is 4.39 Å². The molecule has 0 saturated heterocycles. The SMILES string of the molecule is CC(C)CC1(C(N)c2ccc(Cl)cc2F)CCCC1. The van der Waals surface area contributed by atoms with Crippen LogP contribution >= 0.6 is 11.6 Å². The Bertz CT molecular complexity index is 438. The zero-order chi connectivity index (χ0) is 14.0. The molecule has 1 fully saturated rings. The lowest BCUT2D eigenvalue weighted by molar-refractivity contribution is 0.180. The predicted molar refractivity (Wildman–Crippen MR) is 78.7 cm³/mol. The quantitative estimate of drug-likeness (QED) is 0.819. The molecule has 1 nitrogen and oxygen atoms in total. The van der Waals surface area contributed by atoms with Gasteiger partial charge in [0.1, 0.15) is 5.82 Å². The Balaban J connectivity index is 2.31. The van der Waals surface area contributed by atoms with Crippen LogP contribution in [0.5, 0.6) is 0 Å². The van der Waals surface area contributed by atoms with Crippen molar-refractivity contribution in [1.82, 2.24) is 0 Å². The van der Waals surface area contributed by atoms with Gasteiger partial charge in [-0.1, -0.05) is 44.4 Å². The summed E-state index contributed by atoms with van der Waals surface area (Å²) in [6.07, 6.45) is 5.68. The van der Waals surface area contributed by atoms with Crippen LogP contribution in [0.4, 0.5) is 4.39 Å². The summed E-state index contributed by atoms with van der Waals surface area (Å²) in [5, 5.41) is 0.429. The van der Waals surface area contributed by atoms with Crippen LogP contribution in [-0.4, -0.2) is 0 Å². The van der Waals surface area contributed by atoms with Crippen LogP contribution in [0, 0.1) is 17.2 Å². The van der Waals surface area contributed by atoms with Crippen LogP contribution < -0.4 is 5.73 Å². The van der Waals surface area contributed by atoms with Crippen LogP contribution in [-0.2, 0) is 0 Å². The standard InChI is InChI=1S/C16H23ClFN/c1-11(2)10-16(7-3-4-8-16)15(19)13-6-5-12(17)9-14(13)18/h5-6,9,11,15H,3-4,7-8,10,19H2,1-2H3. The van der Waals surface area contributed by atoms with E-state index in [0.29, 0.717) is 16.5 Å². The van der Waals surface area contributed by atoms with Crippen molar-refractivity contribution in [3.63, 3.8) is 0 Å². The van der Waals surface area contributed by atoms with Gasteiger partial charge < -0.3 is 5.73 Å². The first-order chi connectivity index (χ1) is 8.94. The smallest absolute Gasteiger partial charge is 0.129 e. The first-order valence-corrected chi connectivity index (χ1v) is 7.53. The lowest BCUT2D eigenvalue weighted by Crippen LogP contribution is -2.34. The van der Waals surface area contributed by atoms with E-state index in [4.69, 9.17) is 17.3 Å². The molecule has 1 saturated carbocycles. The van der Waals surface area contributed by atoms with Crippen molar-refractivity contribution in [3.8, 4) is 0 Å². The molecule has 106 valence electrons. The van der Waals surface area contributed by atoms with E-state index in [1.807, 2.05) is 0 Å². The summed E-state index contributed by atoms with van der Waals surface area (Å²) in [6, 6.07) is 4.63. The van der Waals surface area contributed by atoms with E-state index < -0.39 is 0 Å². The highest BCUT2D eigenvalue weighted by atomic mass is 35.5. The molecular weight excluding hydrogens is 261 g/mol. The highest BCUT2D eigenvalue weighted by Gasteiger charge is 2.41. The molecular formula is C16H23ClFN. The largest absolute Gasteiger partial charge is 0.323 e. The highest BCUT2D eigenvalue weighted by Crippen LogP contribution is 2.51. The number of nitrogens with two attached hydrogens (primary N) is 1. The van der Waals surface area contributed by atoms with Gasteiger partial charge in [-0.05, 0) is 42.7 Å². The van der Waals surface area contributed by atoms with Gasteiger partial charge in [0.05, 0.1) is 0 Å². The van der Waals surface area contributed by atoms with Crippen LogP contribution in [0.1, 0.15) is 57.6 Å². The molecule has 1 aromatic carbocycles. The topological polar surface area (TPSA) is 26.0 Å². The van der Waals surface area contributed by atoms with Gasteiger partial charge in [0.25, 0.3) is 0 Å². The average Bonchev–Trinajstić information content (AvgIpc) is 2.77. The van der Waals surface area contributed by atoms with Gasteiger partial charge in [0, 0.05) is 16.6 Å². The molecule has 2 N–H and O–H groups in total. The highest BCUT2D eigenvalue weighted by molar-refractivity contribution is 6.30. The number of benzene rings is 1. The molecule has 2 rings (SSSR count). The summed E-state index contributed by atoms with van der Waals surface area (Å²) in [5.41, 5.74) is 7.13. The summed E-state index contributed by atoms with van der Waals surface area (Å²) >= 11 is 5.82. The van der Waals surface area contributed by atoms with E-state index in [2.05, 4.69) is 13.8 Å². The van der Waals surface area contributed by atoms with Crippen molar-refractivity contribution in [2.24, 2.45) is 17.1 Å². The molecule has 0 aliphatic heterocycles. The number of halogens is 2. The van der Waals surface area contributed by atoms with Crippen molar-refractivity contribution in [2.45, 2.75) is 52.0 Å². The minimum atomic E-state index is -0.268. The van der Waals surface area contributed by atoms with E-state index in [-0.39, 0.29) is 17.3 Å². The summed E-state index contributed by atoms with van der Waals surface area (Å²) in [7, 11) is 0. The fraction of sp³-hybridized carbons (Fsp3) is 0.625. The molecule has 1 aromatic rings. The first kappa shape index (κ1) is 14.8. The van der Waals surface area contributed by atoms with Crippen molar-refractivity contribution in [1.29, 1.82) is 0 Å². The van der Waals surface area contributed by atoms with Gasteiger partial charge in [0.15, 0.2) is 0 Å². The average molecular weight is 284 g/mol. The van der Waals surface area contributed by atoms with Crippen molar-refractivity contribution < 1.29 is 4.39 Å². The Morgan fingerprint density at radius 1 is 1.32 bits per heavy atom. The van der Waals surface area contributed by atoms with Crippen LogP contribution in [0.15, 0.2) is 18.2 Å². The van der Waals surface area contributed by atoms with Gasteiger partial charge in [0.2, 0.25) is 0 Å². The van der Waals surface area contributed by atoms with Crippen molar-refractivity contribution in [3.05, 3.63) is 34.6 Å². The van der Waals surface area contributed by atoms with Crippen LogP contribution in [0.25, 0.3) is 0 Å². The molecule has 3 heteroatoms. The number of hydrogen-bond donors (Lipinski definition) is 1. The maximum absolute atomic E-state index is 14.1. The third-order valence-corrected chi connectivity index (χ3v) is 4.61. The van der Waals surface area contributed by atoms with Gasteiger partial charge in [-0.3, -0.25) is 0 Å². The van der Waals surface area contributed by atoms with Crippen molar-refractivity contribution in [2.75, 3.05) is 0 Å². The van der Waals surface area contributed by atoms with Gasteiger partial charge in [-0.15, -0.1) is 0 Å². The Morgan fingerprint density at radius 2 is 1.95 bits per heavy atom. The lowest BCUT2D eigenvalue weighted by Gasteiger charge is -2.37. The Labute approximate surface area is 120 Å². The molecule has 0 amide bonds. The van der Waals surface area contributed by atoms with Crippen LogP contribution in [0.3, 0.4) is 0 Å².